The van der Waals surface area contributed by atoms with Crippen molar-refractivity contribution in [3.8, 4) is 0 Å². The number of methoxy groups -OCH3 is 1. The van der Waals surface area contributed by atoms with Gasteiger partial charge in [0.2, 0.25) is 5.91 Å². The van der Waals surface area contributed by atoms with Crippen LogP contribution in [0.1, 0.15) is 66.3 Å². The molecule has 2 aromatic carbocycles. The molecule has 0 bridgehead atoms. The molecule has 1 saturated heterocycles. The molecule has 0 unspecified atom stereocenters. The average molecular weight is 607 g/mol. The largest absolute Gasteiger partial charge is 0.467 e. The van der Waals surface area contributed by atoms with Crippen LogP contribution in [0.15, 0.2) is 66.0 Å². The van der Waals surface area contributed by atoms with Gasteiger partial charge in [0.1, 0.15) is 28.4 Å². The Morgan fingerprint density at radius 3 is 2.21 bits per heavy atom. The fraction of sp³-hybridized carbons (Fsp3) is 0.406. The van der Waals surface area contributed by atoms with Gasteiger partial charge in [0.15, 0.2) is 0 Å². The molecule has 11 heteroatoms. The van der Waals surface area contributed by atoms with Crippen molar-refractivity contribution in [1.29, 1.82) is 0 Å². The van der Waals surface area contributed by atoms with Gasteiger partial charge in [-0.05, 0) is 51.2 Å². The SMILES string of the molecule is COC(=O)[C@@H]1CCCN1C(=O)[C@H](Cc1ccccc1)NC(=O)c1csc([C@H](Cc2ccccc2)NC(=O)OC(C)(C)C)n1. The second-order valence-electron chi connectivity index (χ2n) is 11.4. The van der Waals surface area contributed by atoms with Gasteiger partial charge in [0.05, 0.1) is 13.2 Å². The molecule has 43 heavy (non-hydrogen) atoms. The lowest BCUT2D eigenvalue weighted by Crippen LogP contribution is -2.52. The van der Waals surface area contributed by atoms with Gasteiger partial charge in [-0.15, -0.1) is 11.3 Å². The first-order valence-corrected chi connectivity index (χ1v) is 15.1. The number of hydrogen-bond donors (Lipinski definition) is 2. The maximum Gasteiger partial charge on any atom is 0.408 e. The van der Waals surface area contributed by atoms with Crippen molar-refractivity contribution < 1.29 is 28.7 Å². The van der Waals surface area contributed by atoms with Gasteiger partial charge in [-0.2, -0.15) is 0 Å². The number of alkyl carbamates (subject to hydrolysis) is 1. The van der Waals surface area contributed by atoms with Gasteiger partial charge in [0, 0.05) is 18.3 Å². The Morgan fingerprint density at radius 1 is 0.977 bits per heavy atom. The Hall–Kier alpha value is -4.25. The summed E-state index contributed by atoms with van der Waals surface area (Å²) in [6, 6.07) is 16.8. The number of thiazole rings is 1. The highest BCUT2D eigenvalue weighted by Gasteiger charge is 2.38. The predicted molar refractivity (Wildman–Crippen MR) is 163 cm³/mol. The predicted octanol–water partition coefficient (Wildman–Crippen LogP) is 4.46. The van der Waals surface area contributed by atoms with E-state index in [-0.39, 0.29) is 18.0 Å². The van der Waals surface area contributed by atoms with Crippen molar-refractivity contribution in [3.05, 3.63) is 87.9 Å². The fourth-order valence-electron chi connectivity index (χ4n) is 4.95. The number of esters is 1. The van der Waals surface area contributed by atoms with Crippen molar-refractivity contribution in [2.24, 2.45) is 0 Å². The van der Waals surface area contributed by atoms with E-state index in [2.05, 4.69) is 15.6 Å². The van der Waals surface area contributed by atoms with Crippen LogP contribution >= 0.6 is 11.3 Å². The molecule has 2 N–H and O–H groups in total. The number of carbonyl (C=O) groups excluding carboxylic acids is 4. The summed E-state index contributed by atoms with van der Waals surface area (Å²) in [7, 11) is 1.30. The maximum absolute atomic E-state index is 13.7. The first-order chi connectivity index (χ1) is 20.5. The van der Waals surface area contributed by atoms with Crippen molar-refractivity contribution in [2.45, 2.75) is 70.2 Å². The van der Waals surface area contributed by atoms with E-state index in [0.717, 1.165) is 11.1 Å². The third kappa shape index (κ3) is 8.87. The van der Waals surface area contributed by atoms with Crippen molar-refractivity contribution in [3.63, 3.8) is 0 Å². The summed E-state index contributed by atoms with van der Waals surface area (Å²) in [5.41, 5.74) is 1.28. The van der Waals surface area contributed by atoms with Gasteiger partial charge < -0.3 is 25.0 Å². The third-order valence-electron chi connectivity index (χ3n) is 6.92. The lowest BCUT2D eigenvalue weighted by atomic mass is 10.0. The zero-order valence-corrected chi connectivity index (χ0v) is 25.7. The van der Waals surface area contributed by atoms with E-state index >= 15 is 0 Å². The summed E-state index contributed by atoms with van der Waals surface area (Å²) < 4.78 is 10.4. The van der Waals surface area contributed by atoms with Crippen LogP contribution in [0.5, 0.6) is 0 Å². The van der Waals surface area contributed by atoms with Gasteiger partial charge in [-0.3, -0.25) is 9.59 Å². The lowest BCUT2D eigenvalue weighted by Gasteiger charge is -2.28. The molecule has 3 atom stereocenters. The summed E-state index contributed by atoms with van der Waals surface area (Å²) in [5.74, 6) is -1.35. The minimum absolute atomic E-state index is 0.126. The summed E-state index contributed by atoms with van der Waals surface area (Å²) in [5, 5.41) is 7.88. The van der Waals surface area contributed by atoms with Crippen molar-refractivity contribution >= 4 is 35.2 Å². The smallest absolute Gasteiger partial charge is 0.408 e. The van der Waals surface area contributed by atoms with E-state index in [1.807, 2.05) is 60.7 Å². The molecule has 0 aliphatic carbocycles. The molecule has 2 heterocycles. The number of benzene rings is 2. The minimum atomic E-state index is -0.926. The van der Waals surface area contributed by atoms with Gasteiger partial charge in [0.25, 0.3) is 5.91 Å². The van der Waals surface area contributed by atoms with Gasteiger partial charge >= 0.3 is 12.1 Å². The Morgan fingerprint density at radius 2 is 1.60 bits per heavy atom. The quantitative estimate of drug-likeness (QED) is 0.327. The summed E-state index contributed by atoms with van der Waals surface area (Å²) in [6.45, 7) is 5.76. The van der Waals surface area contributed by atoms with Crippen LogP contribution in [-0.4, -0.2) is 65.1 Å². The molecule has 3 amide bonds. The Kier molecular flexibility index (Phi) is 10.5. The highest BCUT2D eigenvalue weighted by Crippen LogP contribution is 2.24. The summed E-state index contributed by atoms with van der Waals surface area (Å²) in [4.78, 5) is 58.3. The Bertz CT molecular complexity index is 1410. The molecule has 1 aliphatic heterocycles. The molecule has 0 radical (unpaired) electrons. The van der Waals surface area contributed by atoms with Crippen molar-refractivity contribution in [1.82, 2.24) is 20.5 Å². The van der Waals surface area contributed by atoms with Crippen LogP contribution in [0.3, 0.4) is 0 Å². The molecular weight excluding hydrogens is 568 g/mol. The van der Waals surface area contributed by atoms with Crippen LogP contribution < -0.4 is 10.6 Å². The number of aromatic nitrogens is 1. The number of nitrogens with one attached hydrogen (secondary N) is 2. The highest BCUT2D eigenvalue weighted by molar-refractivity contribution is 7.09. The second kappa shape index (κ2) is 14.3. The first-order valence-electron chi connectivity index (χ1n) is 14.3. The summed E-state index contributed by atoms with van der Waals surface area (Å²) >= 11 is 1.24. The molecule has 10 nitrogen and oxygen atoms in total. The first kappa shape index (κ1) is 31.7. The molecule has 1 fully saturated rings. The molecule has 3 aromatic rings. The van der Waals surface area contributed by atoms with Crippen LogP contribution in [0.2, 0.25) is 0 Å². The van der Waals surface area contributed by atoms with E-state index < -0.39 is 41.7 Å². The molecule has 1 aliphatic rings. The number of likely N-dealkylation sites (tertiary alicyclic amines) is 1. The number of ether oxygens (including phenoxy) is 2. The molecule has 228 valence electrons. The number of carbonyl (C=O) groups is 4. The topological polar surface area (TPSA) is 127 Å². The molecule has 0 saturated carbocycles. The normalized spacial score (nSPS) is 16.2. The fourth-order valence-corrected chi connectivity index (χ4v) is 5.80. The average Bonchev–Trinajstić information content (AvgIpc) is 3.67. The molecule has 4 rings (SSSR count). The van der Waals surface area contributed by atoms with Gasteiger partial charge in [-0.25, -0.2) is 14.6 Å². The lowest BCUT2D eigenvalue weighted by molar-refractivity contribution is -0.151. The molecule has 0 spiro atoms. The van der Waals surface area contributed by atoms with E-state index in [1.165, 1.54) is 23.3 Å². The van der Waals surface area contributed by atoms with E-state index in [9.17, 15) is 19.2 Å². The Labute approximate surface area is 255 Å². The monoisotopic (exact) mass is 606 g/mol. The zero-order valence-electron chi connectivity index (χ0n) is 24.9. The number of nitrogens with zero attached hydrogens (tertiary/aromatic N) is 2. The summed E-state index contributed by atoms with van der Waals surface area (Å²) in [6.07, 6.45) is 1.26. The zero-order chi connectivity index (χ0) is 31.0. The van der Waals surface area contributed by atoms with E-state index in [4.69, 9.17) is 9.47 Å². The van der Waals surface area contributed by atoms with E-state index in [0.29, 0.717) is 30.8 Å². The molecule has 1 aromatic heterocycles. The van der Waals surface area contributed by atoms with Crippen LogP contribution in [-0.2, 0) is 31.9 Å². The Balaban J connectivity index is 1.55. The third-order valence-corrected chi connectivity index (χ3v) is 7.88. The number of hydrogen-bond acceptors (Lipinski definition) is 8. The van der Waals surface area contributed by atoms with Crippen LogP contribution in [0.4, 0.5) is 4.79 Å². The minimum Gasteiger partial charge on any atom is -0.467 e. The van der Waals surface area contributed by atoms with E-state index in [1.54, 1.807) is 26.2 Å². The standard InChI is InChI=1S/C32H38N4O6S/c1-32(2,3)42-31(40)35-23(18-21-12-7-5-8-13-21)28-34-25(20-43-28)27(37)33-24(19-22-14-9-6-10-15-22)29(38)36-17-11-16-26(36)30(39)41-4/h5-10,12-15,20,23-24,26H,11,16-19H2,1-4H3,(H,33,37)(H,35,40)/t23-,24-,26-/m0/s1. The molecular formula is C32H38N4O6S. The maximum atomic E-state index is 13.7. The van der Waals surface area contributed by atoms with Gasteiger partial charge in [-0.1, -0.05) is 60.7 Å². The highest BCUT2D eigenvalue weighted by atomic mass is 32.1. The number of rotatable bonds is 10. The second-order valence-corrected chi connectivity index (χ2v) is 12.3. The van der Waals surface area contributed by atoms with Crippen molar-refractivity contribution in [2.75, 3.05) is 13.7 Å². The van der Waals surface area contributed by atoms with Crippen LogP contribution in [0.25, 0.3) is 0 Å². The number of amides is 3. The van der Waals surface area contributed by atoms with Crippen LogP contribution in [0, 0.1) is 0 Å².